The van der Waals surface area contributed by atoms with Crippen molar-refractivity contribution in [3.8, 4) is 11.1 Å². The minimum absolute atomic E-state index is 0.0761. The van der Waals surface area contributed by atoms with Gasteiger partial charge in [-0.15, -0.1) is 0 Å². The highest BCUT2D eigenvalue weighted by molar-refractivity contribution is 6.30. The highest BCUT2D eigenvalue weighted by Crippen LogP contribution is 2.26. The molecule has 0 amide bonds. The minimum atomic E-state index is -0.676. The van der Waals surface area contributed by atoms with E-state index in [1.54, 1.807) is 0 Å². The fraction of sp³-hybridized carbons (Fsp3) is 0.350. The molecule has 0 unspecified atom stereocenters. The maximum absolute atomic E-state index is 11.4. The Morgan fingerprint density at radius 2 is 1.71 bits per heavy atom. The molecule has 1 saturated heterocycles. The van der Waals surface area contributed by atoms with Gasteiger partial charge in [-0.05, 0) is 55.1 Å². The van der Waals surface area contributed by atoms with Crippen LogP contribution in [0.25, 0.3) is 11.1 Å². The number of carboxylic acids is 1. The van der Waals surface area contributed by atoms with Crippen molar-refractivity contribution in [3.05, 3.63) is 59.1 Å². The summed E-state index contributed by atoms with van der Waals surface area (Å²) in [4.78, 5) is 13.6. The second-order valence-electron chi connectivity index (χ2n) is 6.50. The zero-order valence-corrected chi connectivity index (χ0v) is 14.5. The molecule has 0 bridgehead atoms. The Bertz CT molecular complexity index is 697. The monoisotopic (exact) mass is 343 g/mol. The van der Waals surface area contributed by atoms with E-state index in [1.165, 1.54) is 5.56 Å². The predicted octanol–water partition coefficient (Wildman–Crippen LogP) is 4.69. The molecule has 3 rings (SSSR count). The lowest BCUT2D eigenvalue weighted by Gasteiger charge is -2.37. The van der Waals surface area contributed by atoms with Crippen LogP contribution in [0, 0.1) is 5.92 Å². The van der Waals surface area contributed by atoms with Crippen molar-refractivity contribution in [1.29, 1.82) is 0 Å². The van der Waals surface area contributed by atoms with E-state index in [4.69, 9.17) is 11.6 Å². The third-order valence-corrected chi connectivity index (χ3v) is 5.21. The van der Waals surface area contributed by atoms with Crippen LogP contribution in [0.3, 0.4) is 0 Å². The predicted molar refractivity (Wildman–Crippen MR) is 97.1 cm³/mol. The average molecular weight is 344 g/mol. The third-order valence-electron chi connectivity index (χ3n) is 4.95. The molecule has 0 aromatic heterocycles. The van der Waals surface area contributed by atoms with E-state index in [2.05, 4.69) is 29.2 Å². The van der Waals surface area contributed by atoms with Crippen LogP contribution in [0.15, 0.2) is 48.5 Å². The maximum atomic E-state index is 11.4. The Balaban J connectivity index is 1.70. The summed E-state index contributed by atoms with van der Waals surface area (Å²) in [6.07, 6.45) is 1.73. The van der Waals surface area contributed by atoms with Crippen LogP contribution in [0.4, 0.5) is 0 Å². The minimum Gasteiger partial charge on any atom is -0.481 e. The van der Waals surface area contributed by atoms with Gasteiger partial charge < -0.3 is 5.11 Å². The van der Waals surface area contributed by atoms with Gasteiger partial charge in [0.1, 0.15) is 0 Å². The van der Waals surface area contributed by atoms with E-state index in [0.717, 1.165) is 42.1 Å². The zero-order chi connectivity index (χ0) is 17.1. The standard InChI is InChI=1S/C20H22ClNO2/c1-14-19(20(23)24)3-2-12-22(14)13-15-4-6-16(7-5-15)17-8-10-18(21)11-9-17/h4-11,14,19H,2-3,12-13H2,1H3,(H,23,24)/t14-,19-/m1/s1. The van der Waals surface area contributed by atoms with Gasteiger partial charge in [0.25, 0.3) is 0 Å². The number of nitrogens with zero attached hydrogens (tertiary/aromatic N) is 1. The number of carboxylic acid groups (broad SMARTS) is 1. The van der Waals surface area contributed by atoms with Gasteiger partial charge in [0, 0.05) is 17.6 Å². The summed E-state index contributed by atoms with van der Waals surface area (Å²) in [5.41, 5.74) is 3.51. The molecule has 2 aromatic carbocycles. The van der Waals surface area contributed by atoms with Gasteiger partial charge in [-0.2, -0.15) is 0 Å². The van der Waals surface area contributed by atoms with Crippen molar-refractivity contribution in [2.75, 3.05) is 6.54 Å². The molecule has 4 heteroatoms. The Labute approximate surface area is 147 Å². The fourth-order valence-corrected chi connectivity index (χ4v) is 3.57. The molecule has 1 N–H and O–H groups in total. The number of rotatable bonds is 4. The number of aliphatic carboxylic acids is 1. The molecule has 126 valence electrons. The summed E-state index contributed by atoms with van der Waals surface area (Å²) in [5, 5.41) is 10.1. The number of carbonyl (C=O) groups is 1. The molecular formula is C20H22ClNO2. The summed E-state index contributed by atoms with van der Waals surface area (Å²) >= 11 is 5.93. The molecule has 1 aliphatic rings. The molecule has 0 radical (unpaired) electrons. The molecule has 3 nitrogen and oxygen atoms in total. The number of likely N-dealkylation sites (tertiary alicyclic amines) is 1. The zero-order valence-electron chi connectivity index (χ0n) is 13.8. The summed E-state index contributed by atoms with van der Waals surface area (Å²) < 4.78 is 0. The molecule has 0 spiro atoms. The van der Waals surface area contributed by atoms with Crippen LogP contribution in [-0.2, 0) is 11.3 Å². The normalized spacial score (nSPS) is 21.6. The fourth-order valence-electron chi connectivity index (χ4n) is 3.45. The largest absolute Gasteiger partial charge is 0.481 e. The summed E-state index contributed by atoms with van der Waals surface area (Å²) in [5.74, 6) is -0.933. The van der Waals surface area contributed by atoms with E-state index in [0.29, 0.717) is 0 Å². The van der Waals surface area contributed by atoms with Gasteiger partial charge in [0.15, 0.2) is 0 Å². The number of piperidine rings is 1. The molecule has 1 heterocycles. The van der Waals surface area contributed by atoms with Crippen LogP contribution in [0.2, 0.25) is 5.02 Å². The van der Waals surface area contributed by atoms with E-state index >= 15 is 0 Å². The second-order valence-corrected chi connectivity index (χ2v) is 6.94. The van der Waals surface area contributed by atoms with Crippen molar-refractivity contribution in [3.63, 3.8) is 0 Å². The lowest BCUT2D eigenvalue weighted by molar-refractivity contribution is -0.145. The van der Waals surface area contributed by atoms with Crippen molar-refractivity contribution in [2.45, 2.75) is 32.4 Å². The molecule has 2 atom stereocenters. The first kappa shape index (κ1) is 17.0. The van der Waals surface area contributed by atoms with Gasteiger partial charge in [0.05, 0.1) is 5.92 Å². The average Bonchev–Trinajstić information content (AvgIpc) is 2.58. The second kappa shape index (κ2) is 7.37. The molecular weight excluding hydrogens is 322 g/mol. The highest BCUT2D eigenvalue weighted by atomic mass is 35.5. The van der Waals surface area contributed by atoms with E-state index in [-0.39, 0.29) is 12.0 Å². The lowest BCUT2D eigenvalue weighted by Crippen LogP contribution is -2.45. The van der Waals surface area contributed by atoms with Crippen molar-refractivity contribution in [2.24, 2.45) is 5.92 Å². The van der Waals surface area contributed by atoms with Gasteiger partial charge in [-0.25, -0.2) is 0 Å². The first-order valence-corrected chi connectivity index (χ1v) is 8.74. The van der Waals surface area contributed by atoms with E-state index < -0.39 is 5.97 Å². The lowest BCUT2D eigenvalue weighted by atomic mass is 9.90. The SMILES string of the molecule is C[C@@H]1[C@H](C(=O)O)CCCN1Cc1ccc(-c2ccc(Cl)cc2)cc1. The highest BCUT2D eigenvalue weighted by Gasteiger charge is 2.32. The summed E-state index contributed by atoms with van der Waals surface area (Å²) in [6, 6.07) is 16.4. The quantitative estimate of drug-likeness (QED) is 0.875. The Morgan fingerprint density at radius 1 is 1.12 bits per heavy atom. The first-order chi connectivity index (χ1) is 11.5. The van der Waals surface area contributed by atoms with Crippen LogP contribution in [0.1, 0.15) is 25.3 Å². The molecule has 2 aromatic rings. The summed E-state index contributed by atoms with van der Waals surface area (Å²) in [7, 11) is 0. The Hall–Kier alpha value is -1.84. The van der Waals surface area contributed by atoms with Gasteiger partial charge in [0.2, 0.25) is 0 Å². The van der Waals surface area contributed by atoms with Gasteiger partial charge >= 0.3 is 5.97 Å². The van der Waals surface area contributed by atoms with Crippen molar-refractivity contribution in [1.82, 2.24) is 4.90 Å². The number of hydrogen-bond acceptors (Lipinski definition) is 2. The van der Waals surface area contributed by atoms with Crippen LogP contribution in [0.5, 0.6) is 0 Å². The number of hydrogen-bond donors (Lipinski definition) is 1. The molecule has 1 fully saturated rings. The molecule has 24 heavy (non-hydrogen) atoms. The van der Waals surface area contributed by atoms with Crippen LogP contribution < -0.4 is 0 Å². The molecule has 0 aliphatic carbocycles. The van der Waals surface area contributed by atoms with Crippen LogP contribution >= 0.6 is 11.6 Å². The first-order valence-electron chi connectivity index (χ1n) is 8.36. The van der Waals surface area contributed by atoms with Gasteiger partial charge in [-0.3, -0.25) is 9.69 Å². The maximum Gasteiger partial charge on any atom is 0.308 e. The van der Waals surface area contributed by atoms with Crippen LogP contribution in [-0.4, -0.2) is 28.6 Å². The Kier molecular flexibility index (Phi) is 5.22. The number of halogens is 1. The topological polar surface area (TPSA) is 40.5 Å². The van der Waals surface area contributed by atoms with E-state index in [1.807, 2.05) is 31.2 Å². The molecule has 0 saturated carbocycles. The smallest absolute Gasteiger partial charge is 0.308 e. The van der Waals surface area contributed by atoms with Crippen molar-refractivity contribution < 1.29 is 9.90 Å². The van der Waals surface area contributed by atoms with Gasteiger partial charge in [-0.1, -0.05) is 48.0 Å². The molecule has 1 aliphatic heterocycles. The number of benzene rings is 2. The van der Waals surface area contributed by atoms with E-state index in [9.17, 15) is 9.90 Å². The summed E-state index contributed by atoms with van der Waals surface area (Å²) in [6.45, 7) is 3.79. The third kappa shape index (κ3) is 3.80. The Morgan fingerprint density at radius 3 is 2.29 bits per heavy atom. The van der Waals surface area contributed by atoms with Crippen molar-refractivity contribution >= 4 is 17.6 Å².